The normalized spacial score (nSPS) is 10.2. The molecule has 1 aromatic carbocycles. The molecule has 0 radical (unpaired) electrons. The fourth-order valence-electron chi connectivity index (χ4n) is 2.34. The summed E-state index contributed by atoms with van der Waals surface area (Å²) in [6, 6.07) is 10.0. The van der Waals surface area contributed by atoms with Crippen LogP contribution in [0.3, 0.4) is 0 Å². The first-order valence-electron chi connectivity index (χ1n) is 6.66. The van der Waals surface area contributed by atoms with E-state index in [1.807, 2.05) is 0 Å². The molecule has 0 atom stereocenters. The predicted octanol–water partition coefficient (Wildman–Crippen LogP) is 5.78. The van der Waals surface area contributed by atoms with Crippen molar-refractivity contribution in [3.8, 4) is 40.0 Å². The molecule has 24 heavy (non-hydrogen) atoms. The van der Waals surface area contributed by atoms with Crippen LogP contribution in [0.25, 0.3) is 21.6 Å². The quantitative estimate of drug-likeness (QED) is 0.422. The number of pyridine rings is 1. The average Bonchev–Trinajstić information content (AvgIpc) is 2.93. The van der Waals surface area contributed by atoms with Gasteiger partial charge in [-0.2, -0.15) is 9.65 Å². The van der Waals surface area contributed by atoms with E-state index in [2.05, 4.69) is 17.0 Å². The zero-order chi connectivity index (χ0) is 17.3. The Morgan fingerprint density at radius 2 is 2.00 bits per heavy atom. The van der Waals surface area contributed by atoms with Crippen molar-refractivity contribution >= 4 is 34.5 Å². The van der Waals surface area contributed by atoms with Crippen molar-refractivity contribution in [2.45, 2.75) is 0 Å². The molecule has 0 spiro atoms. The number of aromatic nitrogens is 1. The number of nitriles is 1. The molecule has 0 amide bonds. The Morgan fingerprint density at radius 1 is 1.21 bits per heavy atom. The van der Waals surface area contributed by atoms with Gasteiger partial charge < -0.3 is 0 Å². The minimum absolute atomic E-state index is 0.350. The van der Waals surface area contributed by atoms with Gasteiger partial charge in [-0.25, -0.2) is 4.98 Å². The topological polar surface area (TPSA) is 36.7 Å². The summed E-state index contributed by atoms with van der Waals surface area (Å²) < 4.78 is 13.4. The Morgan fingerprint density at radius 3 is 2.62 bits per heavy atom. The molecule has 0 fully saturated rings. The highest BCUT2D eigenvalue weighted by Crippen LogP contribution is 2.44. The van der Waals surface area contributed by atoms with Crippen LogP contribution in [-0.4, -0.2) is 4.98 Å². The molecular formula is C18H7Cl2FN2S. The van der Waals surface area contributed by atoms with Crippen molar-refractivity contribution < 1.29 is 4.39 Å². The van der Waals surface area contributed by atoms with E-state index in [-0.39, 0.29) is 0 Å². The number of hydrogen-bond donors (Lipinski definition) is 0. The summed E-state index contributed by atoms with van der Waals surface area (Å²) in [5, 5.41) is 10.5. The van der Waals surface area contributed by atoms with E-state index in [1.54, 1.807) is 24.3 Å². The zero-order valence-corrected chi connectivity index (χ0v) is 14.3. The minimum atomic E-state index is -0.627. The SMILES string of the molecule is C#Cc1sc(-c2ccnc(F)c2)c(C#N)c1-c1ccc(Cl)cc1Cl. The second-order valence-corrected chi connectivity index (χ2v) is 6.62. The molecule has 0 aliphatic rings. The maximum absolute atomic E-state index is 13.4. The van der Waals surface area contributed by atoms with Gasteiger partial charge in [0, 0.05) is 33.4 Å². The molecular weight excluding hydrogens is 366 g/mol. The molecule has 3 rings (SSSR count). The predicted molar refractivity (Wildman–Crippen MR) is 95.6 cm³/mol. The molecule has 6 heteroatoms. The van der Waals surface area contributed by atoms with E-state index in [0.717, 1.165) is 0 Å². The van der Waals surface area contributed by atoms with Gasteiger partial charge in [0.1, 0.15) is 6.07 Å². The summed E-state index contributed by atoms with van der Waals surface area (Å²) in [6.07, 6.45) is 6.95. The Labute approximate surface area is 152 Å². The van der Waals surface area contributed by atoms with Gasteiger partial charge in [0.25, 0.3) is 0 Å². The van der Waals surface area contributed by atoms with Crippen molar-refractivity contribution in [2.24, 2.45) is 0 Å². The summed E-state index contributed by atoms with van der Waals surface area (Å²) in [4.78, 5) is 4.65. The van der Waals surface area contributed by atoms with E-state index >= 15 is 0 Å². The van der Waals surface area contributed by atoms with E-state index in [0.29, 0.717) is 42.1 Å². The second-order valence-electron chi connectivity index (χ2n) is 4.76. The number of halogens is 3. The molecule has 2 nitrogen and oxygen atoms in total. The monoisotopic (exact) mass is 372 g/mol. The largest absolute Gasteiger partial charge is 0.228 e. The molecule has 0 unspecified atom stereocenters. The lowest BCUT2D eigenvalue weighted by molar-refractivity contribution is 0.584. The highest BCUT2D eigenvalue weighted by atomic mass is 35.5. The van der Waals surface area contributed by atoms with Gasteiger partial charge in [0.05, 0.1) is 15.3 Å². The maximum atomic E-state index is 13.4. The first-order valence-corrected chi connectivity index (χ1v) is 8.23. The van der Waals surface area contributed by atoms with Crippen LogP contribution in [0.5, 0.6) is 0 Å². The van der Waals surface area contributed by atoms with Crippen LogP contribution in [0.2, 0.25) is 10.0 Å². The van der Waals surface area contributed by atoms with Gasteiger partial charge in [0.15, 0.2) is 0 Å². The third-order valence-corrected chi connectivity index (χ3v) is 5.06. The third-order valence-electron chi connectivity index (χ3n) is 3.34. The summed E-state index contributed by atoms with van der Waals surface area (Å²) in [6.45, 7) is 0. The van der Waals surface area contributed by atoms with Crippen molar-refractivity contribution in [2.75, 3.05) is 0 Å². The molecule has 2 heterocycles. The number of terminal acetylenes is 1. The molecule has 0 N–H and O–H groups in total. The van der Waals surface area contributed by atoms with E-state index in [9.17, 15) is 9.65 Å². The molecule has 0 aliphatic carbocycles. The smallest absolute Gasteiger partial charge is 0.213 e. The zero-order valence-electron chi connectivity index (χ0n) is 12.0. The fourth-order valence-corrected chi connectivity index (χ4v) is 3.91. The number of thiophene rings is 1. The standard InChI is InChI=1S/C18H7Cl2FN2S/c1-2-15-17(12-4-3-11(19)8-14(12)20)13(9-22)18(24-15)10-5-6-23-16(21)7-10/h1,3-8H. The van der Waals surface area contributed by atoms with Crippen LogP contribution in [0.15, 0.2) is 36.5 Å². The highest BCUT2D eigenvalue weighted by molar-refractivity contribution is 7.17. The summed E-state index contributed by atoms with van der Waals surface area (Å²) in [7, 11) is 0. The summed E-state index contributed by atoms with van der Waals surface area (Å²) in [5.74, 6) is 1.96. The van der Waals surface area contributed by atoms with Crippen LogP contribution in [-0.2, 0) is 0 Å². The first-order chi connectivity index (χ1) is 11.5. The highest BCUT2D eigenvalue weighted by Gasteiger charge is 2.22. The molecule has 0 saturated carbocycles. The van der Waals surface area contributed by atoms with Gasteiger partial charge in [-0.1, -0.05) is 35.2 Å². The summed E-state index contributed by atoms with van der Waals surface area (Å²) >= 11 is 13.4. The Bertz CT molecular complexity index is 1030. The summed E-state index contributed by atoms with van der Waals surface area (Å²) in [5.41, 5.74) is 2.06. The molecule has 0 bridgehead atoms. The van der Waals surface area contributed by atoms with Crippen LogP contribution < -0.4 is 0 Å². The number of hydrogen-bond acceptors (Lipinski definition) is 3. The Balaban J connectivity index is 2.32. The fraction of sp³-hybridized carbons (Fsp3) is 0. The Hall–Kier alpha value is -2.37. The molecule has 3 aromatic rings. The van der Waals surface area contributed by atoms with Gasteiger partial charge in [0.2, 0.25) is 5.95 Å². The minimum Gasteiger partial charge on any atom is -0.228 e. The molecule has 0 saturated heterocycles. The molecule has 0 aliphatic heterocycles. The first kappa shape index (κ1) is 16.5. The number of rotatable bonds is 2. The van der Waals surface area contributed by atoms with Crippen molar-refractivity contribution in [3.63, 3.8) is 0 Å². The average molecular weight is 373 g/mol. The van der Waals surface area contributed by atoms with Gasteiger partial charge in [-0.15, -0.1) is 17.8 Å². The van der Waals surface area contributed by atoms with Crippen LogP contribution >= 0.6 is 34.5 Å². The van der Waals surface area contributed by atoms with Crippen LogP contribution in [0.1, 0.15) is 10.4 Å². The van der Waals surface area contributed by atoms with Gasteiger partial charge in [-0.05, 0) is 23.8 Å². The van der Waals surface area contributed by atoms with Crippen molar-refractivity contribution in [3.05, 3.63) is 63.0 Å². The molecule has 116 valence electrons. The molecule has 2 aromatic heterocycles. The van der Waals surface area contributed by atoms with E-state index in [4.69, 9.17) is 29.6 Å². The number of benzene rings is 1. The lowest BCUT2D eigenvalue weighted by Gasteiger charge is -2.05. The second kappa shape index (κ2) is 6.63. The van der Waals surface area contributed by atoms with Crippen LogP contribution in [0, 0.1) is 29.6 Å². The lowest BCUT2D eigenvalue weighted by Crippen LogP contribution is -1.87. The maximum Gasteiger partial charge on any atom is 0.213 e. The van der Waals surface area contributed by atoms with Crippen molar-refractivity contribution in [1.29, 1.82) is 5.26 Å². The van der Waals surface area contributed by atoms with Crippen molar-refractivity contribution in [1.82, 2.24) is 4.98 Å². The van der Waals surface area contributed by atoms with E-state index < -0.39 is 5.95 Å². The van der Waals surface area contributed by atoms with Gasteiger partial charge >= 0.3 is 0 Å². The van der Waals surface area contributed by atoms with Gasteiger partial charge in [-0.3, -0.25) is 0 Å². The van der Waals surface area contributed by atoms with E-state index in [1.165, 1.54) is 23.6 Å². The lowest BCUT2D eigenvalue weighted by atomic mass is 9.99. The van der Waals surface area contributed by atoms with Crippen LogP contribution in [0.4, 0.5) is 4.39 Å². The number of nitrogens with zero attached hydrogens (tertiary/aromatic N) is 2. The Kier molecular flexibility index (Phi) is 4.55. The third kappa shape index (κ3) is 2.88.